The highest BCUT2D eigenvalue weighted by molar-refractivity contribution is 5.90. The summed E-state index contributed by atoms with van der Waals surface area (Å²) < 4.78 is 14.3. The Balaban J connectivity index is 1.57. The highest BCUT2D eigenvalue weighted by Gasteiger charge is 2.14. The van der Waals surface area contributed by atoms with Crippen LogP contribution in [0.1, 0.15) is 27.8 Å². The van der Waals surface area contributed by atoms with Crippen LogP contribution in [0.25, 0.3) is 0 Å². The Morgan fingerprint density at radius 2 is 1.88 bits per heavy atom. The van der Waals surface area contributed by atoms with E-state index in [4.69, 9.17) is 0 Å². The van der Waals surface area contributed by atoms with Crippen LogP contribution in [-0.4, -0.2) is 25.8 Å². The van der Waals surface area contributed by atoms with E-state index in [1.807, 2.05) is 30.3 Å². The monoisotopic (exact) mass is 340 g/mol. The van der Waals surface area contributed by atoms with Crippen molar-refractivity contribution in [3.05, 3.63) is 83.7 Å². The zero-order chi connectivity index (χ0) is 17.6. The Morgan fingerprint density at radius 3 is 2.60 bits per heavy atom. The lowest BCUT2D eigenvalue weighted by atomic mass is 10.1. The van der Waals surface area contributed by atoms with Crippen LogP contribution in [-0.2, 0) is 13.1 Å². The average Bonchev–Trinajstić information content (AvgIpc) is 3.10. The molecule has 25 heavy (non-hydrogen) atoms. The largest absolute Gasteiger partial charge is 0.386 e. The molecule has 0 aliphatic heterocycles. The van der Waals surface area contributed by atoms with Crippen LogP contribution in [0.4, 0.5) is 4.39 Å². The van der Waals surface area contributed by atoms with Gasteiger partial charge in [-0.05, 0) is 23.3 Å². The molecule has 6 nitrogen and oxygen atoms in total. The number of halogens is 1. The van der Waals surface area contributed by atoms with Crippen molar-refractivity contribution in [2.75, 3.05) is 0 Å². The summed E-state index contributed by atoms with van der Waals surface area (Å²) in [5, 5.41) is 16.9. The predicted molar refractivity (Wildman–Crippen MR) is 89.0 cm³/mol. The smallest absolute Gasteiger partial charge is 0.291 e. The maximum absolute atomic E-state index is 12.8. The van der Waals surface area contributed by atoms with Gasteiger partial charge in [0.1, 0.15) is 12.1 Å². The van der Waals surface area contributed by atoms with Gasteiger partial charge < -0.3 is 10.4 Å². The third-order valence-corrected chi connectivity index (χ3v) is 3.65. The van der Waals surface area contributed by atoms with Gasteiger partial charge in [0.15, 0.2) is 0 Å². The summed E-state index contributed by atoms with van der Waals surface area (Å²) in [5.41, 5.74) is 1.54. The number of carbonyl (C=O) groups excluding carboxylic acids is 1. The summed E-state index contributed by atoms with van der Waals surface area (Å²) in [4.78, 5) is 16.0. The van der Waals surface area contributed by atoms with E-state index in [0.717, 1.165) is 11.1 Å². The van der Waals surface area contributed by atoms with Gasteiger partial charge in [-0.2, -0.15) is 0 Å². The minimum atomic E-state index is -0.738. The number of carbonyl (C=O) groups is 1. The van der Waals surface area contributed by atoms with Crippen molar-refractivity contribution >= 4 is 5.91 Å². The van der Waals surface area contributed by atoms with Gasteiger partial charge in [-0.3, -0.25) is 4.79 Å². The second-order valence-electron chi connectivity index (χ2n) is 5.53. The third kappa shape index (κ3) is 4.48. The van der Waals surface area contributed by atoms with Gasteiger partial charge in [0, 0.05) is 6.54 Å². The summed E-state index contributed by atoms with van der Waals surface area (Å²) in [6.07, 6.45) is 0.664. The van der Waals surface area contributed by atoms with Gasteiger partial charge in [0.2, 0.25) is 5.82 Å². The quantitative estimate of drug-likeness (QED) is 0.720. The average molecular weight is 340 g/mol. The van der Waals surface area contributed by atoms with E-state index in [1.54, 1.807) is 12.1 Å². The molecule has 1 heterocycles. The van der Waals surface area contributed by atoms with Crippen LogP contribution in [0.5, 0.6) is 0 Å². The molecule has 1 atom stereocenters. The first-order chi connectivity index (χ1) is 12.1. The lowest BCUT2D eigenvalue weighted by molar-refractivity contribution is 0.0938. The van der Waals surface area contributed by atoms with Crippen molar-refractivity contribution < 1.29 is 14.3 Å². The van der Waals surface area contributed by atoms with Crippen molar-refractivity contribution in [2.45, 2.75) is 19.2 Å². The topological polar surface area (TPSA) is 80.0 Å². The molecular weight excluding hydrogens is 323 g/mol. The fourth-order valence-corrected chi connectivity index (χ4v) is 2.31. The second-order valence-corrected chi connectivity index (χ2v) is 5.53. The summed E-state index contributed by atoms with van der Waals surface area (Å²) in [5.74, 6) is -0.743. The van der Waals surface area contributed by atoms with Crippen LogP contribution >= 0.6 is 0 Å². The molecule has 7 heteroatoms. The van der Waals surface area contributed by atoms with Crippen LogP contribution in [0.3, 0.4) is 0 Å². The Labute approximate surface area is 144 Å². The molecule has 0 bridgehead atoms. The Morgan fingerprint density at radius 1 is 1.16 bits per heavy atom. The number of hydrogen-bond donors (Lipinski definition) is 2. The molecule has 0 saturated heterocycles. The number of rotatable bonds is 6. The maximum Gasteiger partial charge on any atom is 0.291 e. The van der Waals surface area contributed by atoms with Gasteiger partial charge in [-0.25, -0.2) is 14.1 Å². The van der Waals surface area contributed by atoms with E-state index in [9.17, 15) is 14.3 Å². The summed E-state index contributed by atoms with van der Waals surface area (Å²) in [6, 6.07) is 15.0. The molecule has 0 spiro atoms. The molecular formula is C18H17FN4O2. The van der Waals surface area contributed by atoms with Crippen molar-refractivity contribution in [3.63, 3.8) is 0 Å². The summed E-state index contributed by atoms with van der Waals surface area (Å²) in [6.45, 7) is 0.447. The first-order valence-electron chi connectivity index (χ1n) is 7.77. The van der Waals surface area contributed by atoms with E-state index in [-0.39, 0.29) is 24.7 Å². The highest BCUT2D eigenvalue weighted by atomic mass is 19.1. The van der Waals surface area contributed by atoms with Gasteiger partial charge in [-0.1, -0.05) is 42.5 Å². The minimum Gasteiger partial charge on any atom is -0.386 e. The van der Waals surface area contributed by atoms with E-state index < -0.39 is 12.0 Å². The van der Waals surface area contributed by atoms with Crippen molar-refractivity contribution in [3.8, 4) is 0 Å². The Hall–Kier alpha value is -3.06. The number of aliphatic hydroxyl groups excluding tert-OH is 1. The molecule has 2 aromatic carbocycles. The third-order valence-electron chi connectivity index (χ3n) is 3.65. The van der Waals surface area contributed by atoms with Gasteiger partial charge in [-0.15, -0.1) is 5.10 Å². The number of benzene rings is 2. The first-order valence-corrected chi connectivity index (χ1v) is 7.77. The fraction of sp³-hybridized carbons (Fsp3) is 0.167. The van der Waals surface area contributed by atoms with E-state index in [1.165, 1.54) is 23.1 Å². The van der Waals surface area contributed by atoms with E-state index in [2.05, 4.69) is 15.4 Å². The molecule has 2 N–H and O–H groups in total. The predicted octanol–water partition coefficient (Wildman–Crippen LogP) is 2.08. The number of hydrogen-bond acceptors (Lipinski definition) is 4. The molecule has 0 aliphatic rings. The molecule has 1 amide bonds. The van der Waals surface area contributed by atoms with Gasteiger partial charge in [0.05, 0.1) is 12.6 Å². The zero-order valence-electron chi connectivity index (χ0n) is 13.3. The fourth-order valence-electron chi connectivity index (χ4n) is 2.31. The Kier molecular flexibility index (Phi) is 5.15. The Bertz CT molecular complexity index is 834. The standard InChI is InChI=1S/C18H17FN4O2/c19-15-8-6-13(7-9-15)10-20-18(25)17-21-12-23(22-17)11-16(24)14-4-2-1-3-5-14/h1-9,12,16,24H,10-11H2,(H,20,25)/t16-/m0/s1. The lowest BCUT2D eigenvalue weighted by Crippen LogP contribution is -2.24. The van der Waals surface area contributed by atoms with Crippen LogP contribution in [0.2, 0.25) is 0 Å². The van der Waals surface area contributed by atoms with Crippen molar-refractivity contribution in [1.29, 1.82) is 0 Å². The lowest BCUT2D eigenvalue weighted by Gasteiger charge is -2.10. The molecule has 0 fully saturated rings. The zero-order valence-corrected chi connectivity index (χ0v) is 13.3. The van der Waals surface area contributed by atoms with Crippen LogP contribution in [0, 0.1) is 5.82 Å². The molecule has 1 aromatic heterocycles. The second kappa shape index (κ2) is 7.67. The van der Waals surface area contributed by atoms with Crippen molar-refractivity contribution in [2.24, 2.45) is 0 Å². The molecule has 0 unspecified atom stereocenters. The number of aromatic nitrogens is 3. The van der Waals surface area contributed by atoms with E-state index in [0.29, 0.717) is 0 Å². The normalized spacial score (nSPS) is 11.9. The van der Waals surface area contributed by atoms with Gasteiger partial charge >= 0.3 is 0 Å². The molecule has 0 saturated carbocycles. The van der Waals surface area contributed by atoms with Crippen LogP contribution in [0.15, 0.2) is 60.9 Å². The number of amides is 1. The number of nitrogens with zero attached hydrogens (tertiary/aromatic N) is 3. The molecule has 0 radical (unpaired) electrons. The number of nitrogens with one attached hydrogen (secondary N) is 1. The number of aliphatic hydroxyl groups is 1. The van der Waals surface area contributed by atoms with Crippen molar-refractivity contribution in [1.82, 2.24) is 20.1 Å². The molecule has 0 aliphatic carbocycles. The molecule has 128 valence electrons. The summed E-state index contributed by atoms with van der Waals surface area (Å²) >= 11 is 0. The summed E-state index contributed by atoms with van der Waals surface area (Å²) in [7, 11) is 0. The maximum atomic E-state index is 12.8. The molecule has 3 rings (SSSR count). The van der Waals surface area contributed by atoms with Crippen LogP contribution < -0.4 is 5.32 Å². The van der Waals surface area contributed by atoms with Gasteiger partial charge in [0.25, 0.3) is 5.91 Å². The SMILES string of the molecule is O=C(NCc1ccc(F)cc1)c1ncn(C[C@H](O)c2ccccc2)n1. The van der Waals surface area contributed by atoms with E-state index >= 15 is 0 Å². The highest BCUT2D eigenvalue weighted by Crippen LogP contribution is 2.13. The minimum absolute atomic E-state index is 0.0161. The first kappa shape index (κ1) is 16.8. The molecule has 3 aromatic rings.